The van der Waals surface area contributed by atoms with Crippen LogP contribution in [0.15, 0.2) is 48.5 Å². The zero-order valence-electron chi connectivity index (χ0n) is 19.1. The fraction of sp³-hybridized carbons (Fsp3) is 0.346. The van der Waals surface area contributed by atoms with E-state index < -0.39 is 0 Å². The Morgan fingerprint density at radius 2 is 1.94 bits per heavy atom. The van der Waals surface area contributed by atoms with Crippen LogP contribution in [0, 0.1) is 5.82 Å². The number of nitrogens with zero attached hydrogens (tertiary/aromatic N) is 3. The number of rotatable bonds is 7. The predicted octanol–water partition coefficient (Wildman–Crippen LogP) is 3.10. The molecule has 2 aromatic carbocycles. The number of carbonyl (C=O) groups excluding carboxylic acids is 2. The Hall–Kier alpha value is -3.68. The minimum Gasteiger partial charge on any atom is -0.497 e. The van der Waals surface area contributed by atoms with Gasteiger partial charge < -0.3 is 15.0 Å². The number of aromatic nitrogens is 2. The summed E-state index contributed by atoms with van der Waals surface area (Å²) in [5, 5.41) is 7.73. The molecule has 5 rings (SSSR count). The number of fused-ring (bicyclic) bond motifs is 1. The topological polar surface area (TPSA) is 76.5 Å². The van der Waals surface area contributed by atoms with Crippen molar-refractivity contribution in [1.29, 1.82) is 0 Å². The summed E-state index contributed by atoms with van der Waals surface area (Å²) in [6.45, 7) is 1.39. The van der Waals surface area contributed by atoms with Crippen molar-refractivity contribution in [3.63, 3.8) is 0 Å². The van der Waals surface area contributed by atoms with Crippen molar-refractivity contribution in [2.45, 2.75) is 44.8 Å². The number of amides is 2. The molecule has 7 nitrogen and oxygen atoms in total. The van der Waals surface area contributed by atoms with Gasteiger partial charge in [-0.2, -0.15) is 5.10 Å². The molecule has 0 atom stereocenters. The maximum absolute atomic E-state index is 13.2. The molecular formula is C26H27FN4O3. The van der Waals surface area contributed by atoms with Crippen LogP contribution >= 0.6 is 0 Å². The van der Waals surface area contributed by atoms with Crippen molar-refractivity contribution >= 4 is 11.8 Å². The van der Waals surface area contributed by atoms with Crippen molar-refractivity contribution in [3.8, 4) is 5.75 Å². The fourth-order valence-electron chi connectivity index (χ4n) is 4.33. The summed E-state index contributed by atoms with van der Waals surface area (Å²) in [5.74, 6) is 0.207. The smallest absolute Gasteiger partial charge is 0.272 e. The highest BCUT2D eigenvalue weighted by molar-refractivity contribution is 5.94. The molecule has 2 aliphatic rings. The van der Waals surface area contributed by atoms with Gasteiger partial charge in [0.1, 0.15) is 11.6 Å². The van der Waals surface area contributed by atoms with Gasteiger partial charge in [0.15, 0.2) is 5.69 Å². The summed E-state index contributed by atoms with van der Waals surface area (Å²) < 4.78 is 20.4. The molecule has 2 heterocycles. The van der Waals surface area contributed by atoms with E-state index in [1.54, 1.807) is 24.1 Å². The van der Waals surface area contributed by atoms with Crippen LogP contribution in [0.25, 0.3) is 0 Å². The van der Waals surface area contributed by atoms with Crippen molar-refractivity contribution < 1.29 is 18.7 Å². The third-order valence-electron chi connectivity index (χ3n) is 6.35. The van der Waals surface area contributed by atoms with Gasteiger partial charge in [-0.25, -0.2) is 4.39 Å². The lowest BCUT2D eigenvalue weighted by atomic mass is 10.0. The molecule has 0 bridgehead atoms. The number of hydrogen-bond donors (Lipinski definition) is 1. The Kier molecular flexibility index (Phi) is 6.04. The van der Waals surface area contributed by atoms with Crippen molar-refractivity contribution in [3.05, 3.63) is 82.4 Å². The maximum Gasteiger partial charge on any atom is 0.272 e. The first-order valence-corrected chi connectivity index (χ1v) is 11.5. The van der Waals surface area contributed by atoms with Gasteiger partial charge in [-0.05, 0) is 48.2 Å². The van der Waals surface area contributed by atoms with E-state index in [2.05, 4.69) is 5.32 Å². The second-order valence-corrected chi connectivity index (χ2v) is 8.90. The van der Waals surface area contributed by atoms with Crippen LogP contribution in [0.2, 0.25) is 0 Å². The number of halogens is 1. The largest absolute Gasteiger partial charge is 0.497 e. The Balaban J connectivity index is 1.39. The SMILES string of the molecule is COc1cccc(Cn2nc(C(=O)NC3CC3)c3c2CCN(C(=O)Cc2ccc(F)cc2)C3)c1. The summed E-state index contributed by atoms with van der Waals surface area (Å²) in [4.78, 5) is 27.7. The van der Waals surface area contributed by atoms with E-state index in [0.29, 0.717) is 31.7 Å². The maximum atomic E-state index is 13.2. The number of ether oxygens (including phenoxy) is 1. The second kappa shape index (κ2) is 9.29. The molecule has 1 aromatic heterocycles. The van der Waals surface area contributed by atoms with Crippen LogP contribution in [0.5, 0.6) is 5.75 Å². The van der Waals surface area contributed by atoms with Crippen molar-refractivity contribution in [2.75, 3.05) is 13.7 Å². The predicted molar refractivity (Wildman–Crippen MR) is 124 cm³/mol. The zero-order valence-corrected chi connectivity index (χ0v) is 19.1. The lowest BCUT2D eigenvalue weighted by Crippen LogP contribution is -2.38. The van der Waals surface area contributed by atoms with E-state index in [1.807, 2.05) is 28.9 Å². The monoisotopic (exact) mass is 462 g/mol. The first-order valence-electron chi connectivity index (χ1n) is 11.5. The first kappa shape index (κ1) is 22.1. The van der Waals surface area contributed by atoms with Crippen LogP contribution in [0.1, 0.15) is 45.7 Å². The van der Waals surface area contributed by atoms with E-state index in [4.69, 9.17) is 9.84 Å². The molecule has 176 valence electrons. The van der Waals surface area contributed by atoms with Gasteiger partial charge in [-0.3, -0.25) is 14.3 Å². The minimum atomic E-state index is -0.325. The molecule has 0 spiro atoms. The molecule has 1 saturated carbocycles. The Morgan fingerprint density at radius 3 is 2.68 bits per heavy atom. The average molecular weight is 463 g/mol. The van der Waals surface area contributed by atoms with Crippen LogP contribution in [-0.4, -0.2) is 46.2 Å². The van der Waals surface area contributed by atoms with Gasteiger partial charge in [-0.1, -0.05) is 24.3 Å². The summed E-state index contributed by atoms with van der Waals surface area (Å²) in [7, 11) is 1.63. The van der Waals surface area contributed by atoms with Crippen molar-refractivity contribution in [1.82, 2.24) is 20.0 Å². The van der Waals surface area contributed by atoms with E-state index in [1.165, 1.54) is 12.1 Å². The lowest BCUT2D eigenvalue weighted by molar-refractivity contribution is -0.131. The highest BCUT2D eigenvalue weighted by atomic mass is 19.1. The van der Waals surface area contributed by atoms with E-state index >= 15 is 0 Å². The Bertz CT molecular complexity index is 1220. The minimum absolute atomic E-state index is 0.0497. The summed E-state index contributed by atoms with van der Waals surface area (Å²) in [6, 6.07) is 14.0. The Labute approximate surface area is 197 Å². The third kappa shape index (κ3) is 4.81. The highest BCUT2D eigenvalue weighted by Gasteiger charge is 2.32. The first-order chi connectivity index (χ1) is 16.5. The van der Waals surface area contributed by atoms with Crippen LogP contribution in [-0.2, 0) is 30.7 Å². The van der Waals surface area contributed by atoms with Crippen LogP contribution in [0.4, 0.5) is 4.39 Å². The molecule has 1 N–H and O–H groups in total. The van der Waals surface area contributed by atoms with Gasteiger partial charge in [-0.15, -0.1) is 0 Å². The van der Waals surface area contributed by atoms with Gasteiger partial charge in [0, 0.05) is 36.8 Å². The fourth-order valence-corrected chi connectivity index (χ4v) is 4.33. The van der Waals surface area contributed by atoms with Crippen LogP contribution < -0.4 is 10.1 Å². The number of methoxy groups -OCH3 is 1. The normalized spacial score (nSPS) is 15.1. The third-order valence-corrected chi connectivity index (χ3v) is 6.35. The average Bonchev–Trinajstić information content (AvgIpc) is 3.59. The van der Waals surface area contributed by atoms with Gasteiger partial charge in [0.05, 0.1) is 20.1 Å². The quantitative estimate of drug-likeness (QED) is 0.586. The second-order valence-electron chi connectivity index (χ2n) is 8.90. The molecule has 3 aromatic rings. The molecule has 34 heavy (non-hydrogen) atoms. The van der Waals surface area contributed by atoms with Gasteiger partial charge in [0.25, 0.3) is 5.91 Å². The molecule has 0 radical (unpaired) electrons. The molecule has 1 fully saturated rings. The number of benzene rings is 2. The standard InChI is InChI=1S/C26H27FN4O3/c1-34-21-4-2-3-18(13-21)15-31-23-11-12-30(24(32)14-17-5-7-19(27)8-6-17)16-22(23)25(29-31)26(33)28-20-9-10-20/h2-8,13,20H,9-12,14-16H2,1H3,(H,28,33). The Morgan fingerprint density at radius 1 is 1.15 bits per heavy atom. The molecular weight excluding hydrogens is 435 g/mol. The van der Waals surface area contributed by atoms with E-state index in [9.17, 15) is 14.0 Å². The van der Waals surface area contributed by atoms with E-state index in [0.717, 1.165) is 41.0 Å². The van der Waals surface area contributed by atoms with E-state index in [-0.39, 0.29) is 30.1 Å². The summed E-state index contributed by atoms with van der Waals surface area (Å²) >= 11 is 0. The molecule has 8 heteroatoms. The lowest BCUT2D eigenvalue weighted by Gasteiger charge is -2.28. The van der Waals surface area contributed by atoms with Gasteiger partial charge >= 0.3 is 0 Å². The summed E-state index contributed by atoms with van der Waals surface area (Å²) in [6.07, 6.45) is 2.77. The molecule has 0 saturated heterocycles. The number of carbonyl (C=O) groups is 2. The molecule has 1 aliphatic carbocycles. The zero-order chi connectivity index (χ0) is 23.7. The highest BCUT2D eigenvalue weighted by Crippen LogP contribution is 2.26. The molecule has 1 aliphatic heterocycles. The van der Waals surface area contributed by atoms with Gasteiger partial charge in [0.2, 0.25) is 5.91 Å². The molecule has 0 unspecified atom stereocenters. The van der Waals surface area contributed by atoms with Crippen molar-refractivity contribution in [2.24, 2.45) is 0 Å². The summed E-state index contributed by atoms with van der Waals surface area (Å²) in [5.41, 5.74) is 3.96. The number of nitrogens with one attached hydrogen (secondary N) is 1. The molecule has 2 amide bonds. The van der Waals surface area contributed by atoms with Crippen LogP contribution in [0.3, 0.4) is 0 Å². The number of hydrogen-bond acceptors (Lipinski definition) is 4.